The van der Waals surface area contributed by atoms with E-state index in [1.165, 1.54) is 256 Å². The summed E-state index contributed by atoms with van der Waals surface area (Å²) in [4.78, 5) is 2.55. The van der Waals surface area contributed by atoms with E-state index in [0.29, 0.717) is 0 Å². The average Bonchev–Trinajstić information content (AvgIpc) is 1.51. The molecule has 0 unspecified atom stereocenters. The van der Waals surface area contributed by atoms with Crippen molar-refractivity contribution in [2.75, 3.05) is 4.90 Å². The van der Waals surface area contributed by atoms with Gasteiger partial charge in [0.2, 0.25) is 0 Å². The monoisotopic (exact) mass is 1470 g/mol. The van der Waals surface area contributed by atoms with Gasteiger partial charge in [-0.3, -0.25) is 0 Å². The quantitative estimate of drug-likeness (QED) is 0.0756. The number of fused-ring (bicyclic) bond motifs is 30. The van der Waals surface area contributed by atoms with Gasteiger partial charge in [-0.05, 0) is 224 Å². The minimum atomic E-state index is -0.402. The second-order valence-corrected chi connectivity index (χ2v) is 37.1. The molecule has 0 saturated carbocycles. The summed E-state index contributed by atoms with van der Waals surface area (Å²) in [7, 11) is 0. The summed E-state index contributed by atoms with van der Waals surface area (Å²) in [5.41, 5.74) is 43.4. The molecule has 113 heavy (non-hydrogen) atoms. The maximum atomic E-state index is 7.23. The fourth-order valence-corrected chi connectivity index (χ4v) is 23.4. The van der Waals surface area contributed by atoms with Crippen molar-refractivity contribution in [1.29, 1.82) is 0 Å². The van der Waals surface area contributed by atoms with Crippen LogP contribution >= 0.6 is 0 Å². The number of rotatable bonds is 19. The van der Waals surface area contributed by atoms with Crippen molar-refractivity contribution in [2.24, 2.45) is 0 Å². The van der Waals surface area contributed by atoms with Crippen LogP contribution in [0, 0.1) is 0 Å². The van der Waals surface area contributed by atoms with Crippen molar-refractivity contribution in [3.8, 4) is 89.0 Å². The van der Waals surface area contributed by atoms with Crippen LogP contribution in [0.15, 0.2) is 245 Å². The number of benzene rings is 13. The van der Waals surface area contributed by atoms with Gasteiger partial charge in [-0.15, -0.1) is 0 Å². The molecule has 13 aromatic carbocycles. The van der Waals surface area contributed by atoms with E-state index in [4.69, 9.17) is 8.83 Å². The van der Waals surface area contributed by atoms with Gasteiger partial charge in [0, 0.05) is 82.2 Å². The average molecular weight is 1470 g/mol. The number of nitrogens with zero attached hydrogens (tertiary/aromatic N) is 1. The fourth-order valence-electron chi connectivity index (χ4n) is 23.4. The van der Waals surface area contributed by atoms with Crippen molar-refractivity contribution < 1.29 is 8.83 Å². The molecule has 15 aromatic rings. The highest BCUT2D eigenvalue weighted by Crippen LogP contribution is 2.67. The lowest BCUT2D eigenvalue weighted by Crippen LogP contribution is -2.25. The number of hydrogen-bond donors (Lipinski definition) is 0. The summed E-state index contributed by atoms with van der Waals surface area (Å²) in [5.74, 6) is 0. The third-order valence-corrected chi connectivity index (χ3v) is 28.9. The smallest absolute Gasteiger partial charge is 0.144 e. The molecule has 6 aliphatic carbocycles. The zero-order valence-corrected chi connectivity index (χ0v) is 68.2. The van der Waals surface area contributed by atoms with E-state index in [-0.39, 0.29) is 21.7 Å². The number of hydrogen-bond acceptors (Lipinski definition) is 3. The molecule has 0 amide bonds. The van der Waals surface area contributed by atoms with E-state index in [0.717, 1.165) is 39.4 Å². The van der Waals surface area contributed by atoms with Crippen molar-refractivity contribution in [3.05, 3.63) is 303 Å². The highest BCUT2D eigenvalue weighted by molar-refractivity contribution is 6.22. The standard InChI is InChI=1S/C110H103NO2/c1-13-15-17-19-21-33-59-110(60-34-22-20-18-16-14-2)85-42-30-23-35-73(85)76-56-49-69(63-90(76)110)68-48-55-75-74-54-47-67(61-86(74)105(3,4)87(75)62-68)66-45-50-70(51-46-66)111(71-52-57-79-88(64-71)108(9,10)101-97(79)103-95(81-38-26-31-43-91(81)112-103)93-77-36-24-28-40-83(77)106(5,6)99(93)101)72-53-58-80-89(65-72)109(11,12)102-98(80)104-96(82-39-27-32-44-92(82)113-104)94-78-37-25-29-41-84(78)107(7,8)100(94)102/h23-32,35-58,61-65H,13-22,33-34,59-60H2,1-12H3. The number of furan rings is 2. The van der Waals surface area contributed by atoms with Crippen molar-refractivity contribution in [3.63, 3.8) is 0 Å². The van der Waals surface area contributed by atoms with E-state index >= 15 is 0 Å². The topological polar surface area (TPSA) is 29.5 Å². The molecule has 0 fully saturated rings. The van der Waals surface area contributed by atoms with E-state index in [1.807, 2.05) is 0 Å². The summed E-state index contributed by atoms with van der Waals surface area (Å²) in [6.45, 7) is 29.3. The van der Waals surface area contributed by atoms with Gasteiger partial charge in [-0.1, -0.05) is 330 Å². The molecule has 0 N–H and O–H groups in total. The summed E-state index contributed by atoms with van der Waals surface area (Å²) in [6.07, 6.45) is 18.3. The van der Waals surface area contributed by atoms with E-state index < -0.39 is 10.8 Å². The van der Waals surface area contributed by atoms with Crippen LogP contribution in [-0.4, -0.2) is 0 Å². The molecule has 560 valence electrons. The Morgan fingerprint density at radius 3 is 1.06 bits per heavy atom. The summed E-state index contributed by atoms with van der Waals surface area (Å²) < 4.78 is 14.5. The first-order valence-corrected chi connectivity index (χ1v) is 42.8. The molecule has 0 saturated heterocycles. The van der Waals surface area contributed by atoms with E-state index in [1.54, 1.807) is 11.1 Å². The van der Waals surface area contributed by atoms with Gasteiger partial charge in [0.15, 0.2) is 0 Å². The second kappa shape index (κ2) is 25.4. The van der Waals surface area contributed by atoms with Crippen molar-refractivity contribution in [1.82, 2.24) is 0 Å². The van der Waals surface area contributed by atoms with Crippen LogP contribution in [-0.2, 0) is 32.5 Å². The van der Waals surface area contributed by atoms with Gasteiger partial charge >= 0.3 is 0 Å². The summed E-state index contributed by atoms with van der Waals surface area (Å²) in [6, 6.07) is 91.7. The Kier molecular flexibility index (Phi) is 15.8. The minimum Gasteiger partial charge on any atom is -0.455 e. The van der Waals surface area contributed by atoms with Gasteiger partial charge in [0.05, 0.1) is 0 Å². The highest BCUT2D eigenvalue weighted by Gasteiger charge is 2.52. The van der Waals surface area contributed by atoms with E-state index in [2.05, 4.69) is 325 Å². The molecule has 21 rings (SSSR count). The van der Waals surface area contributed by atoms with Crippen LogP contribution in [0.5, 0.6) is 0 Å². The molecule has 0 aliphatic heterocycles. The molecule has 3 heteroatoms. The first-order chi connectivity index (χ1) is 54.8. The molecule has 0 radical (unpaired) electrons. The van der Waals surface area contributed by atoms with Crippen LogP contribution in [0.4, 0.5) is 17.1 Å². The zero-order valence-electron chi connectivity index (χ0n) is 68.2. The first-order valence-electron chi connectivity index (χ1n) is 42.8. The molecule has 3 nitrogen and oxygen atoms in total. The van der Waals surface area contributed by atoms with Crippen LogP contribution in [0.25, 0.3) is 133 Å². The summed E-state index contributed by atoms with van der Waals surface area (Å²) in [5, 5.41) is 4.79. The zero-order chi connectivity index (χ0) is 77.0. The predicted molar refractivity (Wildman–Crippen MR) is 477 cm³/mol. The lowest BCUT2D eigenvalue weighted by Gasteiger charge is -2.33. The molecule has 2 heterocycles. The fraction of sp³-hybridized carbons (Fsp3) is 0.291. The van der Waals surface area contributed by atoms with Crippen LogP contribution in [0.2, 0.25) is 0 Å². The maximum Gasteiger partial charge on any atom is 0.144 e. The van der Waals surface area contributed by atoms with Crippen LogP contribution < -0.4 is 4.90 Å². The molecule has 0 atom stereocenters. The van der Waals surface area contributed by atoms with Gasteiger partial charge in [0.25, 0.3) is 0 Å². The second-order valence-electron chi connectivity index (χ2n) is 37.1. The predicted octanol–water partition coefficient (Wildman–Crippen LogP) is 31.6. The Labute approximate surface area is 668 Å². The summed E-state index contributed by atoms with van der Waals surface area (Å²) >= 11 is 0. The van der Waals surface area contributed by atoms with Gasteiger partial charge in [-0.2, -0.15) is 0 Å². The molecule has 0 spiro atoms. The van der Waals surface area contributed by atoms with Gasteiger partial charge in [0.1, 0.15) is 22.3 Å². The molecular weight excluding hydrogens is 1370 g/mol. The number of anilines is 3. The molecule has 0 bridgehead atoms. The largest absolute Gasteiger partial charge is 0.455 e. The highest BCUT2D eigenvalue weighted by atomic mass is 16.3. The number of unbranched alkanes of at least 4 members (excludes halogenated alkanes) is 10. The first kappa shape index (κ1) is 70.1. The normalized spacial score (nSPS) is 16.2. The van der Waals surface area contributed by atoms with Crippen molar-refractivity contribution in [2.45, 2.75) is 205 Å². The number of para-hydroxylation sites is 2. The Bertz CT molecular complexity index is 6240. The van der Waals surface area contributed by atoms with Gasteiger partial charge < -0.3 is 13.7 Å². The third kappa shape index (κ3) is 9.91. The van der Waals surface area contributed by atoms with Gasteiger partial charge in [-0.25, -0.2) is 0 Å². The van der Waals surface area contributed by atoms with E-state index in [9.17, 15) is 0 Å². The molecule has 6 aliphatic rings. The Balaban J connectivity index is 0.672. The molecular formula is C110H103NO2. The Hall–Kier alpha value is -10.7. The van der Waals surface area contributed by atoms with Crippen LogP contribution in [0.1, 0.15) is 240 Å². The third-order valence-electron chi connectivity index (χ3n) is 28.9. The lowest BCUT2D eigenvalue weighted by molar-refractivity contribution is 0.398. The molecule has 2 aromatic heterocycles. The maximum absolute atomic E-state index is 7.23. The Morgan fingerprint density at radius 2 is 0.584 bits per heavy atom. The SMILES string of the molecule is CCCCCCCCC1(CCCCCCCC)c2ccccc2-c2ccc(-c3ccc4c(c3)C(C)(C)c3cc(-c5ccc(N(c6ccc7c(c6)C(C)(C)c6c8c(c9c(oc%10ccccc%109)c6-7)-c6ccccc6C8(C)C)c6ccc7c(c6)C(C)(C)c6c8c(c9c(oc%10ccccc%109)c6-7)-c6ccccc6C8(C)C)cc5)ccc3-4)cc21. The van der Waals surface area contributed by atoms with Crippen LogP contribution in [0.3, 0.4) is 0 Å². The Morgan fingerprint density at radius 1 is 0.257 bits per heavy atom. The van der Waals surface area contributed by atoms with Crippen molar-refractivity contribution >= 4 is 60.9 Å². The lowest BCUT2D eigenvalue weighted by atomic mass is 9.70. The minimum absolute atomic E-state index is 0.0314.